The summed E-state index contributed by atoms with van der Waals surface area (Å²) in [7, 11) is 0. The Morgan fingerprint density at radius 2 is 1.96 bits per heavy atom. The van der Waals surface area contributed by atoms with E-state index < -0.39 is 30.1 Å². The number of rotatable bonds is 5. The molecule has 0 aromatic carbocycles. The molecule has 1 saturated heterocycles. The lowest BCUT2D eigenvalue weighted by molar-refractivity contribution is -0.145. The summed E-state index contributed by atoms with van der Waals surface area (Å²) in [6, 6.07) is 0. The van der Waals surface area contributed by atoms with E-state index in [1.165, 1.54) is 13.8 Å². The molecule has 23 heavy (non-hydrogen) atoms. The summed E-state index contributed by atoms with van der Waals surface area (Å²) in [5.74, 6) is -1.63. The summed E-state index contributed by atoms with van der Waals surface area (Å²) in [5.41, 5.74) is 1.25. The SMILES string of the molecule is C=C1C(=O)OC(C2=C(C)C(OC(C)=O)CC2=O)C1CCC(C)=O. The fraction of sp³-hybridized carbons (Fsp3) is 0.529. The number of Topliss-reactive ketones (excluding diaryl/α,β-unsaturated/α-hetero) is 2. The van der Waals surface area contributed by atoms with Crippen molar-refractivity contribution in [3.05, 3.63) is 23.3 Å². The molecule has 0 amide bonds. The summed E-state index contributed by atoms with van der Waals surface area (Å²) in [4.78, 5) is 46.5. The number of carbonyl (C=O) groups excluding carboxylic acids is 4. The minimum Gasteiger partial charge on any atom is -0.458 e. The number of ether oxygens (including phenoxy) is 2. The second-order valence-corrected chi connectivity index (χ2v) is 6.02. The Morgan fingerprint density at radius 1 is 1.30 bits per heavy atom. The van der Waals surface area contributed by atoms with Gasteiger partial charge in [0.25, 0.3) is 0 Å². The molecule has 0 aromatic heterocycles. The number of ketones is 2. The zero-order valence-electron chi connectivity index (χ0n) is 13.5. The maximum atomic E-state index is 12.3. The third-order valence-electron chi connectivity index (χ3n) is 4.29. The Bertz CT molecular complexity index is 627. The van der Waals surface area contributed by atoms with Crippen LogP contribution in [0.2, 0.25) is 0 Å². The van der Waals surface area contributed by atoms with Crippen LogP contribution in [0.3, 0.4) is 0 Å². The van der Waals surface area contributed by atoms with E-state index in [-0.39, 0.29) is 30.0 Å². The van der Waals surface area contributed by atoms with E-state index in [1.807, 2.05) is 0 Å². The summed E-state index contributed by atoms with van der Waals surface area (Å²) < 4.78 is 10.5. The third-order valence-corrected chi connectivity index (χ3v) is 4.29. The zero-order chi connectivity index (χ0) is 17.3. The molecule has 0 spiro atoms. The monoisotopic (exact) mass is 320 g/mol. The molecule has 0 N–H and O–H groups in total. The van der Waals surface area contributed by atoms with Crippen molar-refractivity contribution in [3.63, 3.8) is 0 Å². The van der Waals surface area contributed by atoms with Gasteiger partial charge in [-0.1, -0.05) is 6.58 Å². The van der Waals surface area contributed by atoms with E-state index in [1.54, 1.807) is 6.92 Å². The lowest BCUT2D eigenvalue weighted by atomic mass is 9.86. The first-order valence-electron chi connectivity index (χ1n) is 7.52. The van der Waals surface area contributed by atoms with Crippen LogP contribution in [0.15, 0.2) is 23.3 Å². The van der Waals surface area contributed by atoms with Crippen molar-refractivity contribution < 1.29 is 28.7 Å². The molecular formula is C17H20O6. The Kier molecular flexibility index (Phi) is 4.82. The van der Waals surface area contributed by atoms with Crippen LogP contribution in [0.5, 0.6) is 0 Å². The van der Waals surface area contributed by atoms with Gasteiger partial charge in [0.1, 0.15) is 18.0 Å². The van der Waals surface area contributed by atoms with Gasteiger partial charge in [0, 0.05) is 30.4 Å². The topological polar surface area (TPSA) is 86.7 Å². The van der Waals surface area contributed by atoms with Crippen molar-refractivity contribution in [2.45, 2.75) is 52.2 Å². The maximum absolute atomic E-state index is 12.3. The molecule has 1 aliphatic heterocycles. The minimum atomic E-state index is -0.748. The fourth-order valence-electron chi connectivity index (χ4n) is 3.09. The van der Waals surface area contributed by atoms with E-state index in [2.05, 4.69) is 6.58 Å². The van der Waals surface area contributed by atoms with Crippen LogP contribution in [0.4, 0.5) is 0 Å². The van der Waals surface area contributed by atoms with Gasteiger partial charge in [-0.25, -0.2) is 4.79 Å². The lowest BCUT2D eigenvalue weighted by Gasteiger charge is -2.19. The van der Waals surface area contributed by atoms with Crippen molar-refractivity contribution in [1.82, 2.24) is 0 Å². The highest BCUT2D eigenvalue weighted by molar-refractivity contribution is 6.03. The second-order valence-electron chi connectivity index (χ2n) is 6.02. The molecule has 3 atom stereocenters. The van der Waals surface area contributed by atoms with Crippen LogP contribution in [-0.4, -0.2) is 35.7 Å². The van der Waals surface area contributed by atoms with Crippen molar-refractivity contribution in [2.24, 2.45) is 5.92 Å². The molecule has 0 aromatic rings. The van der Waals surface area contributed by atoms with Crippen LogP contribution in [0, 0.1) is 5.92 Å². The Hall–Kier alpha value is -2.24. The van der Waals surface area contributed by atoms with Gasteiger partial charge in [-0.05, 0) is 25.8 Å². The third kappa shape index (κ3) is 3.41. The molecule has 3 unspecified atom stereocenters. The van der Waals surface area contributed by atoms with Crippen molar-refractivity contribution in [1.29, 1.82) is 0 Å². The molecule has 1 aliphatic carbocycles. The number of hydrogen-bond donors (Lipinski definition) is 0. The van der Waals surface area contributed by atoms with E-state index in [9.17, 15) is 19.2 Å². The average molecular weight is 320 g/mol. The molecule has 1 heterocycles. The maximum Gasteiger partial charge on any atom is 0.334 e. The lowest BCUT2D eigenvalue weighted by Crippen LogP contribution is -2.24. The van der Waals surface area contributed by atoms with Crippen LogP contribution in [-0.2, 0) is 28.7 Å². The predicted molar refractivity (Wildman–Crippen MR) is 80.3 cm³/mol. The molecular weight excluding hydrogens is 300 g/mol. The van der Waals surface area contributed by atoms with Crippen molar-refractivity contribution in [3.8, 4) is 0 Å². The van der Waals surface area contributed by atoms with Crippen molar-refractivity contribution in [2.75, 3.05) is 0 Å². The van der Waals surface area contributed by atoms with E-state index in [4.69, 9.17) is 9.47 Å². The van der Waals surface area contributed by atoms with Gasteiger partial charge >= 0.3 is 11.9 Å². The molecule has 2 rings (SSSR count). The molecule has 1 fully saturated rings. The van der Waals surface area contributed by atoms with Gasteiger partial charge in [0.2, 0.25) is 0 Å². The summed E-state index contributed by atoms with van der Waals surface area (Å²) in [6.07, 6.45) is -0.628. The van der Waals surface area contributed by atoms with Crippen molar-refractivity contribution >= 4 is 23.5 Å². The van der Waals surface area contributed by atoms with Crippen LogP contribution in [0.1, 0.15) is 40.0 Å². The summed E-state index contributed by atoms with van der Waals surface area (Å²) in [6.45, 7) is 8.18. The fourth-order valence-corrected chi connectivity index (χ4v) is 3.09. The Balaban J connectivity index is 2.29. The largest absolute Gasteiger partial charge is 0.458 e. The van der Waals surface area contributed by atoms with Crippen LogP contribution < -0.4 is 0 Å². The number of esters is 2. The highest BCUT2D eigenvalue weighted by atomic mass is 16.6. The van der Waals surface area contributed by atoms with Gasteiger partial charge < -0.3 is 14.3 Å². The van der Waals surface area contributed by atoms with Gasteiger partial charge in [-0.2, -0.15) is 0 Å². The van der Waals surface area contributed by atoms with E-state index >= 15 is 0 Å². The highest BCUT2D eigenvalue weighted by Crippen LogP contribution is 2.40. The quantitative estimate of drug-likeness (QED) is 0.566. The van der Waals surface area contributed by atoms with Crippen LogP contribution >= 0.6 is 0 Å². The first-order valence-corrected chi connectivity index (χ1v) is 7.52. The van der Waals surface area contributed by atoms with E-state index in [0.29, 0.717) is 17.6 Å². The average Bonchev–Trinajstić information content (AvgIpc) is 2.85. The minimum absolute atomic E-state index is 0.00265. The number of cyclic esters (lactones) is 1. The molecule has 0 bridgehead atoms. The highest BCUT2D eigenvalue weighted by Gasteiger charge is 2.46. The Morgan fingerprint density at radius 3 is 2.52 bits per heavy atom. The van der Waals surface area contributed by atoms with Gasteiger partial charge in [-0.15, -0.1) is 0 Å². The standard InChI is InChI=1S/C17H20O6/c1-8(18)5-6-12-9(2)17(21)23-16(12)15-10(3)14(7-13(15)20)22-11(4)19/h12,14,16H,2,5-7H2,1,3-4H3. The Labute approximate surface area is 134 Å². The smallest absolute Gasteiger partial charge is 0.334 e. The molecule has 0 radical (unpaired) electrons. The first-order chi connectivity index (χ1) is 10.7. The predicted octanol–water partition coefficient (Wildman–Crippen LogP) is 1.67. The molecule has 6 nitrogen and oxygen atoms in total. The number of hydrogen-bond acceptors (Lipinski definition) is 6. The molecule has 124 valence electrons. The normalized spacial score (nSPS) is 27.4. The molecule has 2 aliphatic rings. The summed E-state index contributed by atoms with van der Waals surface area (Å²) >= 11 is 0. The van der Waals surface area contributed by atoms with Gasteiger partial charge in [-0.3, -0.25) is 9.59 Å². The first kappa shape index (κ1) is 17.1. The van der Waals surface area contributed by atoms with Gasteiger partial charge in [0.05, 0.1) is 6.42 Å². The molecule has 0 saturated carbocycles. The molecule has 6 heteroatoms. The summed E-state index contributed by atoms with van der Waals surface area (Å²) in [5, 5.41) is 0. The zero-order valence-corrected chi connectivity index (χ0v) is 13.5. The number of carbonyl (C=O) groups is 4. The van der Waals surface area contributed by atoms with Gasteiger partial charge in [0.15, 0.2) is 5.78 Å². The second kappa shape index (κ2) is 6.48. The van der Waals surface area contributed by atoms with Crippen LogP contribution in [0.25, 0.3) is 0 Å². The van der Waals surface area contributed by atoms with E-state index in [0.717, 1.165) is 0 Å².